The van der Waals surface area contributed by atoms with Gasteiger partial charge in [-0.05, 0) is 24.3 Å². The molecule has 0 aliphatic heterocycles. The van der Waals surface area contributed by atoms with E-state index >= 15 is 0 Å². The molecule has 3 heteroatoms. The van der Waals surface area contributed by atoms with Crippen LogP contribution in [0.3, 0.4) is 0 Å². The Morgan fingerprint density at radius 1 is 1.25 bits per heavy atom. The van der Waals surface area contributed by atoms with Gasteiger partial charge in [0.25, 0.3) is 0 Å². The summed E-state index contributed by atoms with van der Waals surface area (Å²) < 4.78 is 5.25. The molecule has 0 bridgehead atoms. The van der Waals surface area contributed by atoms with Crippen molar-refractivity contribution in [2.45, 2.75) is 0 Å². The summed E-state index contributed by atoms with van der Waals surface area (Å²) >= 11 is 0. The Balaban J connectivity index is 2.54. The molecule has 1 aromatic heterocycles. The van der Waals surface area contributed by atoms with Crippen molar-refractivity contribution in [2.75, 3.05) is 7.11 Å². The van der Waals surface area contributed by atoms with Crippen LogP contribution in [0.5, 0.6) is 5.75 Å². The summed E-state index contributed by atoms with van der Waals surface area (Å²) in [6, 6.07) is 13.1. The molecule has 0 spiro atoms. The molecule has 16 heavy (non-hydrogen) atoms. The molecule has 0 aliphatic carbocycles. The molecular weight excluding hydrogens is 200 g/mol. The van der Waals surface area contributed by atoms with Crippen molar-refractivity contribution in [3.63, 3.8) is 0 Å². The molecule has 0 radical (unpaired) electrons. The number of pyridine rings is 1. The number of aromatic nitrogens is 1. The van der Waals surface area contributed by atoms with Crippen LogP contribution in [-0.4, -0.2) is 12.1 Å². The Bertz CT molecular complexity index is 544. The largest absolute Gasteiger partial charge is 0.496 e. The molecule has 2 rings (SSSR count). The number of hydrogen-bond donors (Lipinski definition) is 0. The average Bonchev–Trinajstić information content (AvgIpc) is 2.38. The van der Waals surface area contributed by atoms with Gasteiger partial charge in [0.1, 0.15) is 5.75 Å². The molecule has 0 atom stereocenters. The second kappa shape index (κ2) is 4.45. The van der Waals surface area contributed by atoms with Gasteiger partial charge in [-0.2, -0.15) is 5.26 Å². The molecule has 3 nitrogen and oxygen atoms in total. The van der Waals surface area contributed by atoms with Gasteiger partial charge in [-0.25, -0.2) is 0 Å². The fourth-order valence-corrected chi connectivity index (χ4v) is 1.50. The highest BCUT2D eigenvalue weighted by Crippen LogP contribution is 2.27. The van der Waals surface area contributed by atoms with Crippen molar-refractivity contribution in [1.29, 1.82) is 5.26 Å². The van der Waals surface area contributed by atoms with Gasteiger partial charge in [0.05, 0.1) is 24.4 Å². The third kappa shape index (κ3) is 1.86. The standard InChI is InChI=1S/C13H10N2O/c1-16-13-5-3-2-4-11(13)12-8-10(9-14)6-7-15-12/h2-8H,1H3. The van der Waals surface area contributed by atoms with Crippen LogP contribution in [0.25, 0.3) is 11.3 Å². The zero-order valence-corrected chi connectivity index (χ0v) is 8.84. The predicted molar refractivity (Wildman–Crippen MR) is 60.9 cm³/mol. The van der Waals surface area contributed by atoms with Gasteiger partial charge in [0.15, 0.2) is 0 Å². The van der Waals surface area contributed by atoms with Crippen molar-refractivity contribution in [3.8, 4) is 23.1 Å². The maximum Gasteiger partial charge on any atom is 0.128 e. The number of para-hydroxylation sites is 1. The van der Waals surface area contributed by atoms with Crippen LogP contribution in [-0.2, 0) is 0 Å². The number of rotatable bonds is 2. The van der Waals surface area contributed by atoms with Gasteiger partial charge >= 0.3 is 0 Å². The maximum atomic E-state index is 8.83. The Morgan fingerprint density at radius 2 is 2.06 bits per heavy atom. The van der Waals surface area contributed by atoms with Crippen molar-refractivity contribution in [3.05, 3.63) is 48.2 Å². The van der Waals surface area contributed by atoms with Gasteiger partial charge in [-0.15, -0.1) is 0 Å². The second-order valence-corrected chi connectivity index (χ2v) is 3.24. The lowest BCUT2D eigenvalue weighted by atomic mass is 10.1. The zero-order valence-electron chi connectivity index (χ0n) is 8.84. The number of nitriles is 1. The zero-order chi connectivity index (χ0) is 11.4. The van der Waals surface area contributed by atoms with Crippen molar-refractivity contribution in [1.82, 2.24) is 4.98 Å². The second-order valence-electron chi connectivity index (χ2n) is 3.24. The number of methoxy groups -OCH3 is 1. The number of nitrogens with zero attached hydrogens (tertiary/aromatic N) is 2. The summed E-state index contributed by atoms with van der Waals surface area (Å²) in [5.74, 6) is 0.755. The number of benzene rings is 1. The minimum Gasteiger partial charge on any atom is -0.496 e. The summed E-state index contributed by atoms with van der Waals surface area (Å²) in [6.07, 6.45) is 1.63. The smallest absolute Gasteiger partial charge is 0.128 e. The Morgan fingerprint density at radius 3 is 2.81 bits per heavy atom. The molecule has 2 aromatic rings. The lowest BCUT2D eigenvalue weighted by molar-refractivity contribution is 0.416. The van der Waals surface area contributed by atoms with Crippen molar-refractivity contribution in [2.24, 2.45) is 0 Å². The third-order valence-corrected chi connectivity index (χ3v) is 2.27. The topological polar surface area (TPSA) is 45.9 Å². The summed E-state index contributed by atoms with van der Waals surface area (Å²) in [7, 11) is 1.62. The van der Waals surface area contributed by atoms with Gasteiger partial charge in [0.2, 0.25) is 0 Å². The third-order valence-electron chi connectivity index (χ3n) is 2.27. The highest BCUT2D eigenvalue weighted by atomic mass is 16.5. The molecule has 1 heterocycles. The molecular formula is C13H10N2O. The predicted octanol–water partition coefficient (Wildman–Crippen LogP) is 2.63. The minimum atomic E-state index is 0.593. The monoisotopic (exact) mass is 210 g/mol. The van der Waals surface area contributed by atoms with E-state index in [9.17, 15) is 0 Å². The fraction of sp³-hybridized carbons (Fsp3) is 0.0769. The Kier molecular flexibility index (Phi) is 2.84. The van der Waals surface area contributed by atoms with Gasteiger partial charge < -0.3 is 4.74 Å². The first-order valence-corrected chi connectivity index (χ1v) is 4.84. The van der Waals surface area contributed by atoms with Crippen LogP contribution in [0.15, 0.2) is 42.6 Å². The normalized spacial score (nSPS) is 9.50. The molecule has 78 valence electrons. The van der Waals surface area contributed by atoms with Crippen molar-refractivity contribution >= 4 is 0 Å². The highest BCUT2D eigenvalue weighted by molar-refractivity contribution is 5.67. The lowest BCUT2D eigenvalue weighted by Crippen LogP contribution is -1.90. The van der Waals surface area contributed by atoms with Crippen LogP contribution in [0.4, 0.5) is 0 Å². The summed E-state index contributed by atoms with van der Waals surface area (Å²) in [4.78, 5) is 4.24. The molecule has 0 amide bonds. The average molecular weight is 210 g/mol. The Hall–Kier alpha value is -2.34. The van der Waals surface area contributed by atoms with E-state index in [4.69, 9.17) is 10.00 Å². The molecule has 0 fully saturated rings. The molecule has 0 N–H and O–H groups in total. The van der Waals surface area contributed by atoms with E-state index in [-0.39, 0.29) is 0 Å². The van der Waals surface area contributed by atoms with E-state index < -0.39 is 0 Å². The molecule has 0 aliphatic rings. The number of hydrogen-bond acceptors (Lipinski definition) is 3. The molecule has 0 saturated carbocycles. The van der Waals surface area contributed by atoms with Gasteiger partial charge in [0, 0.05) is 11.8 Å². The van der Waals surface area contributed by atoms with E-state index in [0.29, 0.717) is 5.56 Å². The summed E-state index contributed by atoms with van der Waals surface area (Å²) in [6.45, 7) is 0. The van der Waals surface area contributed by atoms with Crippen molar-refractivity contribution < 1.29 is 4.74 Å². The van der Waals surface area contributed by atoms with E-state index in [1.54, 1.807) is 25.4 Å². The summed E-state index contributed by atoms with van der Waals surface area (Å²) in [5, 5.41) is 8.83. The first kappa shape index (κ1) is 10.2. The van der Waals surface area contributed by atoms with Crippen LogP contribution >= 0.6 is 0 Å². The highest BCUT2D eigenvalue weighted by Gasteiger charge is 2.06. The van der Waals surface area contributed by atoms with Crippen LogP contribution in [0.1, 0.15) is 5.56 Å². The maximum absolute atomic E-state index is 8.83. The van der Waals surface area contributed by atoms with E-state index in [1.165, 1.54) is 0 Å². The van der Waals surface area contributed by atoms with E-state index in [2.05, 4.69) is 11.1 Å². The molecule has 0 unspecified atom stereocenters. The Labute approximate surface area is 93.9 Å². The lowest BCUT2D eigenvalue weighted by Gasteiger charge is -2.07. The number of ether oxygens (including phenoxy) is 1. The fourth-order valence-electron chi connectivity index (χ4n) is 1.50. The quantitative estimate of drug-likeness (QED) is 0.765. The van der Waals surface area contributed by atoms with Crippen LogP contribution in [0.2, 0.25) is 0 Å². The minimum absolute atomic E-state index is 0.593. The van der Waals surface area contributed by atoms with Gasteiger partial charge in [-0.3, -0.25) is 4.98 Å². The SMILES string of the molecule is COc1ccccc1-c1cc(C#N)ccn1. The first-order valence-electron chi connectivity index (χ1n) is 4.84. The van der Waals surface area contributed by atoms with E-state index in [1.807, 2.05) is 24.3 Å². The van der Waals surface area contributed by atoms with Crippen LogP contribution < -0.4 is 4.74 Å². The first-order chi connectivity index (χ1) is 7.85. The van der Waals surface area contributed by atoms with E-state index in [0.717, 1.165) is 17.0 Å². The van der Waals surface area contributed by atoms with Gasteiger partial charge in [-0.1, -0.05) is 12.1 Å². The molecule has 1 aromatic carbocycles. The molecule has 0 saturated heterocycles. The van der Waals surface area contributed by atoms with Crippen LogP contribution in [0, 0.1) is 11.3 Å². The summed E-state index contributed by atoms with van der Waals surface area (Å²) in [5.41, 5.74) is 2.23.